The van der Waals surface area contributed by atoms with Crippen molar-refractivity contribution in [2.24, 2.45) is 0 Å². The largest absolute Gasteiger partial charge is 0.507 e. The number of aromatic hydroxyl groups is 1. The van der Waals surface area contributed by atoms with E-state index in [1.807, 2.05) is 6.07 Å². The number of benzene rings is 2. The van der Waals surface area contributed by atoms with Gasteiger partial charge in [0.2, 0.25) is 0 Å². The topological polar surface area (TPSA) is 95.4 Å². The molecular formula is C27H34N4O3S. The highest BCUT2D eigenvalue weighted by Gasteiger charge is 2.22. The number of aryl methyl sites for hydroxylation is 2. The Morgan fingerprint density at radius 1 is 1.09 bits per heavy atom. The van der Waals surface area contributed by atoms with Crippen LogP contribution in [0.4, 0.5) is 0 Å². The van der Waals surface area contributed by atoms with E-state index in [2.05, 4.69) is 53.3 Å². The third-order valence-corrected chi connectivity index (χ3v) is 7.62. The van der Waals surface area contributed by atoms with E-state index in [4.69, 9.17) is 4.98 Å². The second kappa shape index (κ2) is 10.8. The van der Waals surface area contributed by atoms with Crippen LogP contribution in [0.3, 0.4) is 0 Å². The van der Waals surface area contributed by atoms with Gasteiger partial charge in [-0.3, -0.25) is 4.90 Å². The number of piperazine rings is 1. The maximum Gasteiger partial charge on any atom is 0.179 e. The number of nitrogens with zero attached hydrogens (tertiary/aromatic N) is 3. The summed E-state index contributed by atoms with van der Waals surface area (Å²) in [5.74, 6) is 0.551. The predicted molar refractivity (Wildman–Crippen MR) is 138 cm³/mol. The van der Waals surface area contributed by atoms with Gasteiger partial charge in [0.05, 0.1) is 5.69 Å². The van der Waals surface area contributed by atoms with Gasteiger partial charge < -0.3 is 10.4 Å². The molecular weight excluding hydrogens is 460 g/mol. The van der Waals surface area contributed by atoms with Crippen LogP contribution < -0.4 is 5.32 Å². The molecule has 1 aliphatic heterocycles. The van der Waals surface area contributed by atoms with Gasteiger partial charge in [0.25, 0.3) is 0 Å². The first-order chi connectivity index (χ1) is 16.7. The zero-order valence-electron chi connectivity index (χ0n) is 20.6. The van der Waals surface area contributed by atoms with Crippen LogP contribution in [0.1, 0.15) is 37.2 Å². The number of sulfone groups is 1. The van der Waals surface area contributed by atoms with Gasteiger partial charge in [0.1, 0.15) is 16.5 Å². The van der Waals surface area contributed by atoms with Crippen molar-refractivity contribution in [2.45, 2.75) is 56.6 Å². The number of hydrogen-bond acceptors (Lipinski definition) is 7. The van der Waals surface area contributed by atoms with E-state index in [9.17, 15) is 13.5 Å². The summed E-state index contributed by atoms with van der Waals surface area (Å²) in [4.78, 5) is 11.7. The minimum Gasteiger partial charge on any atom is -0.507 e. The lowest BCUT2D eigenvalue weighted by atomic mass is 10.0. The summed E-state index contributed by atoms with van der Waals surface area (Å²) < 4.78 is 23.7. The minimum absolute atomic E-state index is 0.0298. The van der Waals surface area contributed by atoms with E-state index in [1.54, 1.807) is 18.3 Å². The molecule has 2 N–H and O–H groups in total. The maximum atomic E-state index is 11.9. The summed E-state index contributed by atoms with van der Waals surface area (Å²) >= 11 is 0. The molecule has 3 aromatic rings. The van der Waals surface area contributed by atoms with E-state index in [0.717, 1.165) is 55.0 Å². The molecule has 0 amide bonds. The van der Waals surface area contributed by atoms with Crippen LogP contribution in [0, 0.1) is 0 Å². The van der Waals surface area contributed by atoms with Gasteiger partial charge >= 0.3 is 0 Å². The van der Waals surface area contributed by atoms with Gasteiger partial charge in [-0.25, -0.2) is 18.4 Å². The van der Waals surface area contributed by atoms with Crippen molar-refractivity contribution in [3.8, 4) is 17.0 Å². The van der Waals surface area contributed by atoms with Crippen LogP contribution in [0.5, 0.6) is 5.75 Å². The fourth-order valence-corrected chi connectivity index (χ4v) is 5.34. The molecule has 2 aromatic carbocycles. The smallest absolute Gasteiger partial charge is 0.179 e. The second-order valence-electron chi connectivity index (χ2n) is 9.57. The lowest BCUT2D eigenvalue weighted by Crippen LogP contribution is -2.53. The highest BCUT2D eigenvalue weighted by Crippen LogP contribution is 2.25. The number of phenols is 1. The van der Waals surface area contributed by atoms with Crippen LogP contribution in [0.2, 0.25) is 0 Å². The van der Waals surface area contributed by atoms with Gasteiger partial charge in [0.15, 0.2) is 9.84 Å². The molecule has 0 spiro atoms. The van der Waals surface area contributed by atoms with E-state index < -0.39 is 9.84 Å². The summed E-state index contributed by atoms with van der Waals surface area (Å²) in [6.45, 7) is 7.45. The molecule has 35 heavy (non-hydrogen) atoms. The summed E-state index contributed by atoms with van der Waals surface area (Å²) in [5.41, 5.74) is 4.13. The van der Waals surface area contributed by atoms with Crippen molar-refractivity contribution >= 4 is 9.84 Å². The Morgan fingerprint density at radius 3 is 2.71 bits per heavy atom. The summed E-state index contributed by atoms with van der Waals surface area (Å²) in [6, 6.07) is 16.3. The molecule has 0 unspecified atom stereocenters. The molecule has 0 saturated carbocycles. The van der Waals surface area contributed by atoms with E-state index in [0.29, 0.717) is 24.9 Å². The van der Waals surface area contributed by atoms with Crippen molar-refractivity contribution in [1.29, 1.82) is 0 Å². The number of nitrogens with one attached hydrogen (secondary N) is 1. The van der Waals surface area contributed by atoms with Crippen LogP contribution >= 0.6 is 0 Å². The third-order valence-electron chi connectivity index (χ3n) is 6.50. The monoisotopic (exact) mass is 494 g/mol. The quantitative estimate of drug-likeness (QED) is 0.494. The number of phenolic OH excluding ortho intramolecular Hbond substituents is 1. The van der Waals surface area contributed by atoms with E-state index in [-0.39, 0.29) is 10.6 Å². The predicted octanol–water partition coefficient (Wildman–Crippen LogP) is 3.61. The van der Waals surface area contributed by atoms with Crippen molar-refractivity contribution in [3.05, 3.63) is 71.7 Å². The number of rotatable bonds is 8. The molecule has 1 aliphatic rings. The van der Waals surface area contributed by atoms with E-state index >= 15 is 0 Å². The Bertz CT molecular complexity index is 1280. The molecule has 4 rings (SSSR count). The van der Waals surface area contributed by atoms with Crippen molar-refractivity contribution in [3.63, 3.8) is 0 Å². The Hall–Kier alpha value is -2.81. The van der Waals surface area contributed by atoms with Gasteiger partial charge in [-0.1, -0.05) is 24.3 Å². The lowest BCUT2D eigenvalue weighted by molar-refractivity contribution is 0.139. The van der Waals surface area contributed by atoms with Gasteiger partial charge in [0, 0.05) is 56.2 Å². The summed E-state index contributed by atoms with van der Waals surface area (Å²) in [5, 5.41) is 13.4. The zero-order valence-corrected chi connectivity index (χ0v) is 21.4. The molecule has 1 aromatic heterocycles. The van der Waals surface area contributed by atoms with Crippen molar-refractivity contribution < 1.29 is 13.5 Å². The van der Waals surface area contributed by atoms with Gasteiger partial charge in [-0.2, -0.15) is 0 Å². The average molecular weight is 495 g/mol. The number of hydrogen-bond donors (Lipinski definition) is 2. The maximum absolute atomic E-state index is 11.9. The SMILES string of the molecule is C[C@H]1CN(Cc2cccc(-c3ccnc(CCCc4ccc(O)c(S(C)(=O)=O)c4)n3)c2)[C@@H](C)CN1. The Morgan fingerprint density at radius 2 is 1.91 bits per heavy atom. The minimum atomic E-state index is -3.47. The highest BCUT2D eigenvalue weighted by molar-refractivity contribution is 7.90. The zero-order chi connectivity index (χ0) is 25.0. The average Bonchev–Trinajstić information content (AvgIpc) is 2.82. The molecule has 0 aliphatic carbocycles. The highest BCUT2D eigenvalue weighted by atomic mass is 32.2. The molecule has 8 heteroatoms. The Labute approximate surface area is 208 Å². The molecule has 0 bridgehead atoms. The van der Waals surface area contributed by atoms with Crippen LogP contribution in [-0.4, -0.2) is 59.8 Å². The fraction of sp³-hybridized carbons (Fsp3) is 0.407. The van der Waals surface area contributed by atoms with Crippen molar-refractivity contribution in [2.75, 3.05) is 19.3 Å². The van der Waals surface area contributed by atoms with Crippen LogP contribution in [0.15, 0.2) is 59.6 Å². The summed E-state index contributed by atoms with van der Waals surface area (Å²) in [7, 11) is -3.47. The molecule has 1 fully saturated rings. The molecule has 2 heterocycles. The van der Waals surface area contributed by atoms with Crippen molar-refractivity contribution in [1.82, 2.24) is 20.2 Å². The number of aromatic nitrogens is 2. The fourth-order valence-electron chi connectivity index (χ4n) is 4.52. The van der Waals surface area contributed by atoms with Gasteiger partial charge in [-0.15, -0.1) is 0 Å². The van der Waals surface area contributed by atoms with Crippen LogP contribution in [-0.2, 0) is 29.2 Å². The second-order valence-corrected chi connectivity index (χ2v) is 11.6. The third kappa shape index (κ3) is 6.66. The molecule has 0 radical (unpaired) electrons. The standard InChI is InChI=1S/C27H34N4O3S/c1-19-17-31(20(2)16-29-19)18-22-7-4-8-23(14-22)24-12-13-28-27(30-24)9-5-6-21-10-11-25(32)26(15-21)35(3,33)34/h4,7-8,10-15,19-20,29,32H,5-6,9,16-18H2,1-3H3/t19-,20-/m0/s1. The first-order valence-corrected chi connectivity index (χ1v) is 14.0. The van der Waals surface area contributed by atoms with Crippen LogP contribution in [0.25, 0.3) is 11.3 Å². The molecule has 2 atom stereocenters. The Kier molecular flexibility index (Phi) is 7.84. The first kappa shape index (κ1) is 25.3. The summed E-state index contributed by atoms with van der Waals surface area (Å²) in [6.07, 6.45) is 5.03. The lowest BCUT2D eigenvalue weighted by Gasteiger charge is -2.37. The normalized spacial score (nSPS) is 19.1. The molecule has 7 nitrogen and oxygen atoms in total. The first-order valence-electron chi connectivity index (χ1n) is 12.1. The Balaban J connectivity index is 1.41. The van der Waals surface area contributed by atoms with E-state index in [1.165, 1.54) is 11.6 Å². The molecule has 1 saturated heterocycles. The molecule has 186 valence electrons. The van der Waals surface area contributed by atoms with Gasteiger partial charge in [-0.05, 0) is 62.1 Å².